The molecule has 3 aromatic rings. The Balaban J connectivity index is 1.62. The maximum absolute atomic E-state index is 13.5. The van der Waals surface area contributed by atoms with Crippen LogP contribution in [0.2, 0.25) is 5.02 Å². The number of hydrogen-bond acceptors (Lipinski definition) is 8. The molecule has 1 aliphatic rings. The zero-order valence-corrected chi connectivity index (χ0v) is 17.0. The summed E-state index contributed by atoms with van der Waals surface area (Å²) in [6, 6.07) is 3.26. The quantitative estimate of drug-likeness (QED) is 0.538. The third-order valence-corrected chi connectivity index (χ3v) is 6.03. The van der Waals surface area contributed by atoms with E-state index in [-0.39, 0.29) is 0 Å². The Hall–Kier alpha value is -2.08. The fraction of sp³-hybridized carbons (Fsp3) is 0.316. The van der Waals surface area contributed by atoms with Crippen LogP contribution >= 0.6 is 23.4 Å². The molecule has 158 valence electrons. The summed E-state index contributed by atoms with van der Waals surface area (Å²) < 4.78 is 20.6. The molecule has 0 bridgehead atoms. The molecule has 0 radical (unpaired) electrons. The Bertz CT molecular complexity index is 1030. The first kappa shape index (κ1) is 21.2. The van der Waals surface area contributed by atoms with Crippen LogP contribution in [0.25, 0.3) is 11.3 Å². The van der Waals surface area contributed by atoms with Crippen molar-refractivity contribution in [2.45, 2.75) is 34.7 Å². The molecular formula is C19H18ClFN4O4S. The number of hydrogen-bond donors (Lipinski definition) is 3. The van der Waals surface area contributed by atoms with Crippen molar-refractivity contribution in [3.8, 4) is 11.3 Å². The van der Waals surface area contributed by atoms with E-state index in [2.05, 4.69) is 15.1 Å². The van der Waals surface area contributed by atoms with Crippen molar-refractivity contribution in [3.63, 3.8) is 0 Å². The molecule has 0 aliphatic carbocycles. The highest BCUT2D eigenvalue weighted by atomic mass is 35.5. The number of pyridine rings is 2. The SMILES string of the molecule is OC[C@H]1O[C@H](Sc2cncc(Cl)c2)[C@H](O)[C@@H](n2cc(-c3cc(F)ccn3)cn2)[C@H]1O. The van der Waals surface area contributed by atoms with E-state index in [0.717, 1.165) is 0 Å². The molecule has 3 N–H and O–H groups in total. The number of halogens is 2. The molecule has 0 saturated carbocycles. The predicted octanol–water partition coefficient (Wildman–Crippen LogP) is 1.90. The second-order valence-corrected chi connectivity index (χ2v) is 8.33. The number of rotatable bonds is 5. The van der Waals surface area contributed by atoms with Gasteiger partial charge in [0.2, 0.25) is 0 Å². The van der Waals surface area contributed by atoms with Crippen LogP contribution in [0.15, 0.2) is 54.1 Å². The maximum atomic E-state index is 13.5. The van der Waals surface area contributed by atoms with Crippen LogP contribution in [0, 0.1) is 5.82 Å². The molecule has 4 heterocycles. The number of nitrogens with zero attached hydrogens (tertiary/aromatic N) is 4. The molecule has 0 spiro atoms. The van der Waals surface area contributed by atoms with E-state index in [0.29, 0.717) is 21.2 Å². The lowest BCUT2D eigenvalue weighted by atomic mass is 9.97. The van der Waals surface area contributed by atoms with Gasteiger partial charge in [-0.2, -0.15) is 5.10 Å². The second-order valence-electron chi connectivity index (χ2n) is 6.72. The van der Waals surface area contributed by atoms with Gasteiger partial charge < -0.3 is 20.1 Å². The molecular weight excluding hydrogens is 435 g/mol. The van der Waals surface area contributed by atoms with Crippen LogP contribution < -0.4 is 0 Å². The molecule has 0 unspecified atom stereocenters. The molecule has 1 saturated heterocycles. The molecule has 0 amide bonds. The van der Waals surface area contributed by atoms with Gasteiger partial charge in [0.25, 0.3) is 0 Å². The first-order chi connectivity index (χ1) is 14.5. The van der Waals surface area contributed by atoms with E-state index in [9.17, 15) is 19.7 Å². The summed E-state index contributed by atoms with van der Waals surface area (Å²) in [5.41, 5.74) is 0.0619. The van der Waals surface area contributed by atoms with Crippen LogP contribution in [0.3, 0.4) is 0 Å². The smallest absolute Gasteiger partial charge is 0.136 e. The van der Waals surface area contributed by atoms with Crippen molar-refractivity contribution in [3.05, 3.63) is 60.0 Å². The molecule has 5 atom stereocenters. The summed E-state index contributed by atoms with van der Waals surface area (Å²) in [4.78, 5) is 8.77. The fourth-order valence-corrected chi connectivity index (χ4v) is 4.59. The summed E-state index contributed by atoms with van der Waals surface area (Å²) >= 11 is 7.14. The van der Waals surface area contributed by atoms with Crippen molar-refractivity contribution >= 4 is 23.4 Å². The molecule has 0 aromatic carbocycles. The van der Waals surface area contributed by atoms with Gasteiger partial charge in [0.15, 0.2) is 0 Å². The zero-order valence-electron chi connectivity index (χ0n) is 15.4. The molecule has 11 heteroatoms. The molecule has 30 heavy (non-hydrogen) atoms. The van der Waals surface area contributed by atoms with Gasteiger partial charge in [0, 0.05) is 41.3 Å². The summed E-state index contributed by atoms with van der Waals surface area (Å²) in [6.45, 7) is -0.450. The highest BCUT2D eigenvalue weighted by Crippen LogP contribution is 2.38. The van der Waals surface area contributed by atoms with Crippen LogP contribution in [-0.2, 0) is 4.74 Å². The fourth-order valence-electron chi connectivity index (χ4n) is 3.26. The third-order valence-electron chi connectivity index (χ3n) is 4.71. The van der Waals surface area contributed by atoms with Crippen molar-refractivity contribution in [1.82, 2.24) is 19.7 Å². The van der Waals surface area contributed by atoms with Gasteiger partial charge in [0.05, 0.1) is 23.5 Å². The van der Waals surface area contributed by atoms with E-state index in [1.807, 2.05) is 0 Å². The minimum absolute atomic E-state index is 0.368. The van der Waals surface area contributed by atoms with E-state index >= 15 is 0 Å². The average Bonchev–Trinajstić information content (AvgIpc) is 3.20. The Morgan fingerprint density at radius 2 is 2.03 bits per heavy atom. The monoisotopic (exact) mass is 452 g/mol. The van der Waals surface area contributed by atoms with Crippen LogP contribution in [0.1, 0.15) is 6.04 Å². The molecule has 3 aromatic heterocycles. The Morgan fingerprint density at radius 1 is 1.20 bits per heavy atom. The van der Waals surface area contributed by atoms with Gasteiger partial charge in [0.1, 0.15) is 35.6 Å². The molecule has 4 rings (SSSR count). The minimum Gasteiger partial charge on any atom is -0.394 e. The topological polar surface area (TPSA) is 114 Å². The zero-order chi connectivity index (χ0) is 21.3. The predicted molar refractivity (Wildman–Crippen MR) is 107 cm³/mol. The van der Waals surface area contributed by atoms with E-state index in [1.165, 1.54) is 47.2 Å². The minimum atomic E-state index is -1.23. The van der Waals surface area contributed by atoms with E-state index < -0.39 is 42.2 Å². The van der Waals surface area contributed by atoms with Crippen LogP contribution in [-0.4, -0.2) is 65.4 Å². The number of aliphatic hydroxyl groups is 3. The molecule has 1 aliphatic heterocycles. The summed E-state index contributed by atoms with van der Waals surface area (Å²) in [5.74, 6) is -0.439. The van der Waals surface area contributed by atoms with Gasteiger partial charge in [-0.3, -0.25) is 14.6 Å². The second kappa shape index (κ2) is 8.96. The van der Waals surface area contributed by atoms with Crippen molar-refractivity contribution in [2.24, 2.45) is 0 Å². The first-order valence-corrected chi connectivity index (χ1v) is 10.3. The third kappa shape index (κ3) is 4.34. The highest BCUT2D eigenvalue weighted by molar-refractivity contribution is 7.99. The average molecular weight is 453 g/mol. The highest BCUT2D eigenvalue weighted by Gasteiger charge is 2.46. The van der Waals surface area contributed by atoms with E-state index in [1.54, 1.807) is 18.5 Å². The lowest BCUT2D eigenvalue weighted by Gasteiger charge is -2.42. The maximum Gasteiger partial charge on any atom is 0.136 e. The van der Waals surface area contributed by atoms with Gasteiger partial charge >= 0.3 is 0 Å². The number of ether oxygens (including phenoxy) is 1. The number of thioether (sulfide) groups is 1. The normalized spacial score (nSPS) is 26.6. The first-order valence-electron chi connectivity index (χ1n) is 9.02. The van der Waals surface area contributed by atoms with Gasteiger partial charge in [-0.05, 0) is 12.1 Å². The summed E-state index contributed by atoms with van der Waals surface area (Å²) in [6.07, 6.45) is 4.07. The van der Waals surface area contributed by atoms with Gasteiger partial charge in [-0.1, -0.05) is 23.4 Å². The Morgan fingerprint density at radius 3 is 2.77 bits per heavy atom. The summed E-state index contributed by atoms with van der Waals surface area (Å²) in [5, 5.41) is 35.9. The lowest BCUT2D eigenvalue weighted by molar-refractivity contribution is -0.178. The van der Waals surface area contributed by atoms with Crippen LogP contribution in [0.5, 0.6) is 0 Å². The van der Waals surface area contributed by atoms with Gasteiger partial charge in [-0.15, -0.1) is 0 Å². The summed E-state index contributed by atoms with van der Waals surface area (Å²) in [7, 11) is 0. The largest absolute Gasteiger partial charge is 0.394 e. The standard InChI is InChI=1S/C19H18ClFN4O4S/c20-11-3-13(7-22-6-11)30-19-18(28)16(17(27)15(9-26)29-19)25-8-10(5-24-25)14-4-12(21)1-2-23-14/h1-8,15-19,26-28H,9H2/t15-,16+,17+,18-,19-/m1/s1. The lowest BCUT2D eigenvalue weighted by Crippen LogP contribution is -2.54. The Labute approximate surface area is 180 Å². The van der Waals surface area contributed by atoms with Crippen LogP contribution in [0.4, 0.5) is 4.39 Å². The van der Waals surface area contributed by atoms with Gasteiger partial charge in [-0.25, -0.2) is 4.39 Å². The van der Waals surface area contributed by atoms with Crippen molar-refractivity contribution < 1.29 is 24.4 Å². The van der Waals surface area contributed by atoms with E-state index in [4.69, 9.17) is 16.3 Å². The number of aliphatic hydroxyl groups excluding tert-OH is 3. The molecule has 8 nitrogen and oxygen atoms in total. The Kier molecular flexibility index (Phi) is 6.32. The molecule has 1 fully saturated rings. The van der Waals surface area contributed by atoms with Crippen molar-refractivity contribution in [2.75, 3.05) is 6.61 Å². The van der Waals surface area contributed by atoms with Crippen molar-refractivity contribution in [1.29, 1.82) is 0 Å². The number of aromatic nitrogens is 4.